The number of aryl methyl sites for hydroxylation is 2. The first-order valence-corrected chi connectivity index (χ1v) is 14.4. The molecule has 0 amide bonds. The second-order valence-corrected chi connectivity index (χ2v) is 11.8. The molecule has 0 saturated heterocycles. The zero-order valence-electron chi connectivity index (χ0n) is 23.8. The van der Waals surface area contributed by atoms with Gasteiger partial charge in [-0.25, -0.2) is 9.97 Å². The lowest BCUT2D eigenvalue weighted by Crippen LogP contribution is -2.14. The molecule has 3 heterocycles. The van der Waals surface area contributed by atoms with E-state index in [2.05, 4.69) is 72.4 Å². The number of fused-ring (bicyclic) bond motifs is 2. The van der Waals surface area contributed by atoms with Gasteiger partial charge in [0, 0.05) is 41.2 Å². The average Bonchev–Trinajstić information content (AvgIpc) is 3.55. The summed E-state index contributed by atoms with van der Waals surface area (Å²) in [5.74, 6) is 3.20. The smallest absolute Gasteiger partial charge is 0.227 e. The summed E-state index contributed by atoms with van der Waals surface area (Å²) in [6.07, 6.45) is 13.6. The number of nitrogens with one attached hydrogen (secondary N) is 2. The van der Waals surface area contributed by atoms with E-state index in [1.807, 2.05) is 24.5 Å². The fourth-order valence-corrected chi connectivity index (χ4v) is 6.16. The molecule has 0 spiro atoms. The van der Waals surface area contributed by atoms with Gasteiger partial charge < -0.3 is 14.8 Å². The molecular weight excluding hydrogens is 498 g/mol. The number of aromatic amines is 1. The fourth-order valence-electron chi connectivity index (χ4n) is 6.16. The van der Waals surface area contributed by atoms with Crippen LogP contribution in [0.25, 0.3) is 16.5 Å². The number of carbonyl (C=O) groups excluding carboxylic acids is 1. The van der Waals surface area contributed by atoms with Crippen molar-refractivity contribution in [3.8, 4) is 0 Å². The van der Waals surface area contributed by atoms with Gasteiger partial charge in [-0.15, -0.1) is 0 Å². The standard InChI is InChI=1S/C33H37N5O2/c1-19-11-20(2)21(3)13-24(12-19)28-9-10-34-33(38-28)36-27-14-22(4)32-25(16-27)17-29(37-32)30(39)7-5-23-6-8-31-26(15-23)18-35-40-31/h9-11,13-14,16-18,20-21,23,37H,5-8,12,15H2,1-4H3,(H,34,36,38). The highest BCUT2D eigenvalue weighted by atomic mass is 16.5. The van der Waals surface area contributed by atoms with Crippen molar-refractivity contribution in [1.29, 1.82) is 0 Å². The monoisotopic (exact) mass is 535 g/mol. The Labute approximate surface area is 235 Å². The van der Waals surface area contributed by atoms with E-state index in [9.17, 15) is 4.79 Å². The van der Waals surface area contributed by atoms with E-state index in [0.29, 0.717) is 35.8 Å². The van der Waals surface area contributed by atoms with Gasteiger partial charge in [0.05, 0.1) is 17.6 Å². The van der Waals surface area contributed by atoms with Crippen molar-refractivity contribution in [3.05, 3.63) is 82.7 Å². The van der Waals surface area contributed by atoms with Crippen molar-refractivity contribution in [3.63, 3.8) is 0 Å². The van der Waals surface area contributed by atoms with Crippen molar-refractivity contribution in [2.75, 3.05) is 5.32 Å². The molecule has 4 aromatic rings. The van der Waals surface area contributed by atoms with Crippen LogP contribution in [0.3, 0.4) is 0 Å². The maximum Gasteiger partial charge on any atom is 0.227 e. The Hall–Kier alpha value is -4.00. The number of ketones is 1. The average molecular weight is 536 g/mol. The topological polar surface area (TPSA) is 96.7 Å². The molecule has 7 nitrogen and oxygen atoms in total. The molecule has 1 aromatic carbocycles. The van der Waals surface area contributed by atoms with Crippen molar-refractivity contribution in [2.45, 2.75) is 66.2 Å². The summed E-state index contributed by atoms with van der Waals surface area (Å²) in [6.45, 7) is 8.78. The van der Waals surface area contributed by atoms with Crippen LogP contribution in [-0.2, 0) is 12.8 Å². The molecule has 3 unspecified atom stereocenters. The predicted molar refractivity (Wildman–Crippen MR) is 159 cm³/mol. The molecule has 206 valence electrons. The maximum absolute atomic E-state index is 13.1. The fraction of sp³-hybridized carbons (Fsp3) is 0.394. The Morgan fingerprint density at radius 3 is 2.88 bits per heavy atom. The summed E-state index contributed by atoms with van der Waals surface area (Å²) >= 11 is 0. The van der Waals surface area contributed by atoms with Gasteiger partial charge in [0.2, 0.25) is 5.95 Å². The summed E-state index contributed by atoms with van der Waals surface area (Å²) in [7, 11) is 0. The molecule has 0 saturated carbocycles. The number of benzene rings is 1. The van der Waals surface area contributed by atoms with E-state index in [0.717, 1.165) is 65.7 Å². The maximum atomic E-state index is 13.1. The van der Waals surface area contributed by atoms with Crippen molar-refractivity contribution >= 4 is 33.9 Å². The van der Waals surface area contributed by atoms with Gasteiger partial charge in [0.1, 0.15) is 5.76 Å². The Balaban J connectivity index is 1.16. The van der Waals surface area contributed by atoms with Gasteiger partial charge in [0.15, 0.2) is 5.78 Å². The van der Waals surface area contributed by atoms with Gasteiger partial charge in [-0.3, -0.25) is 4.79 Å². The molecule has 7 heteroatoms. The number of Topliss-reactive ketones (excluding diaryl/α,β-unsaturated/α-hetero) is 1. The highest BCUT2D eigenvalue weighted by Crippen LogP contribution is 2.32. The molecule has 40 heavy (non-hydrogen) atoms. The van der Waals surface area contributed by atoms with Crippen LogP contribution in [0.1, 0.15) is 79.5 Å². The Kier molecular flexibility index (Phi) is 7.13. The highest BCUT2D eigenvalue weighted by Gasteiger charge is 2.23. The Morgan fingerprint density at radius 2 is 2.00 bits per heavy atom. The minimum atomic E-state index is 0.154. The Bertz CT molecular complexity index is 1620. The van der Waals surface area contributed by atoms with E-state index in [-0.39, 0.29) is 5.78 Å². The molecule has 6 rings (SSSR count). The van der Waals surface area contributed by atoms with Gasteiger partial charge in [-0.2, -0.15) is 0 Å². The summed E-state index contributed by atoms with van der Waals surface area (Å²) in [6, 6.07) is 8.09. The van der Waals surface area contributed by atoms with Crippen LogP contribution in [0.4, 0.5) is 11.6 Å². The number of hydrogen-bond acceptors (Lipinski definition) is 6. The largest absolute Gasteiger partial charge is 0.361 e. The van der Waals surface area contributed by atoms with E-state index >= 15 is 0 Å². The lowest BCUT2D eigenvalue weighted by molar-refractivity contribution is 0.0968. The second kappa shape index (κ2) is 10.9. The lowest BCUT2D eigenvalue weighted by atomic mass is 9.85. The molecular formula is C33H37N5O2. The first-order valence-electron chi connectivity index (χ1n) is 14.4. The molecule has 3 aromatic heterocycles. The third kappa shape index (κ3) is 5.51. The van der Waals surface area contributed by atoms with Crippen LogP contribution in [0.5, 0.6) is 0 Å². The van der Waals surface area contributed by atoms with E-state index in [1.54, 1.807) is 0 Å². The number of rotatable bonds is 7. The SMILES string of the molecule is CC1=CC(C)C(C)C=C(c2ccnc(Nc3cc(C)c4[nH]c(C(=O)CCC5CCc6oncc6C5)cc4c3)n2)C1. The number of H-pyrrole nitrogens is 1. The van der Waals surface area contributed by atoms with Crippen LogP contribution >= 0.6 is 0 Å². The molecule has 0 fully saturated rings. The van der Waals surface area contributed by atoms with Crippen molar-refractivity contribution in [2.24, 2.45) is 17.8 Å². The summed E-state index contributed by atoms with van der Waals surface area (Å²) < 4.78 is 5.30. The number of allylic oxidation sites excluding steroid dienone is 4. The normalized spacial score (nSPS) is 20.9. The van der Waals surface area contributed by atoms with E-state index < -0.39 is 0 Å². The third-order valence-electron chi connectivity index (χ3n) is 8.57. The molecule has 0 bridgehead atoms. The zero-order chi connectivity index (χ0) is 27.8. The van der Waals surface area contributed by atoms with Gasteiger partial charge in [0.25, 0.3) is 0 Å². The molecule has 2 N–H and O–H groups in total. The van der Waals surface area contributed by atoms with Crippen LogP contribution in [0.15, 0.2) is 58.9 Å². The third-order valence-corrected chi connectivity index (χ3v) is 8.57. The number of nitrogens with zero attached hydrogens (tertiary/aromatic N) is 3. The van der Waals surface area contributed by atoms with Gasteiger partial charge >= 0.3 is 0 Å². The first kappa shape index (κ1) is 26.2. The molecule has 0 aliphatic heterocycles. The summed E-state index contributed by atoms with van der Waals surface area (Å²) in [5, 5.41) is 8.32. The number of anilines is 2. The minimum absolute atomic E-state index is 0.154. The lowest BCUT2D eigenvalue weighted by Gasteiger charge is -2.19. The van der Waals surface area contributed by atoms with E-state index in [1.165, 1.54) is 16.7 Å². The van der Waals surface area contributed by atoms with Crippen LogP contribution in [-0.4, -0.2) is 25.9 Å². The van der Waals surface area contributed by atoms with Gasteiger partial charge in [-0.05, 0) is 92.7 Å². The number of carbonyl (C=O) groups is 1. The molecule has 0 radical (unpaired) electrons. The minimum Gasteiger partial charge on any atom is -0.361 e. The summed E-state index contributed by atoms with van der Waals surface area (Å²) in [5.41, 5.74) is 8.40. The predicted octanol–water partition coefficient (Wildman–Crippen LogP) is 7.77. The molecule has 2 aliphatic rings. The molecule has 3 atom stereocenters. The zero-order valence-corrected chi connectivity index (χ0v) is 23.8. The quantitative estimate of drug-likeness (QED) is 0.185. The van der Waals surface area contributed by atoms with Crippen LogP contribution < -0.4 is 5.32 Å². The molecule has 2 aliphatic carbocycles. The van der Waals surface area contributed by atoms with Gasteiger partial charge in [-0.1, -0.05) is 36.7 Å². The Morgan fingerprint density at radius 1 is 1.15 bits per heavy atom. The van der Waals surface area contributed by atoms with Crippen LogP contribution in [0.2, 0.25) is 0 Å². The second-order valence-electron chi connectivity index (χ2n) is 11.8. The number of hydrogen-bond donors (Lipinski definition) is 2. The van der Waals surface area contributed by atoms with Crippen molar-refractivity contribution in [1.82, 2.24) is 20.1 Å². The summed E-state index contributed by atoms with van der Waals surface area (Å²) in [4.78, 5) is 25.8. The first-order chi connectivity index (χ1) is 19.3. The van der Waals surface area contributed by atoms with E-state index in [4.69, 9.17) is 9.51 Å². The van der Waals surface area contributed by atoms with Crippen molar-refractivity contribution < 1.29 is 9.32 Å². The highest BCUT2D eigenvalue weighted by molar-refractivity contribution is 6.00. The van der Waals surface area contributed by atoms with Crippen LogP contribution in [0, 0.1) is 24.7 Å². The number of aromatic nitrogens is 4.